The highest BCUT2D eigenvalue weighted by Crippen LogP contribution is 2.27. The van der Waals surface area contributed by atoms with E-state index in [2.05, 4.69) is 9.97 Å². The molecule has 0 N–H and O–H groups in total. The van der Waals surface area contributed by atoms with Crippen LogP contribution in [0.2, 0.25) is 0 Å². The van der Waals surface area contributed by atoms with Crippen LogP contribution >= 0.6 is 0 Å². The molecule has 160 valence electrons. The van der Waals surface area contributed by atoms with Crippen molar-refractivity contribution in [3.63, 3.8) is 0 Å². The van der Waals surface area contributed by atoms with E-state index in [1.807, 2.05) is 23.1 Å². The number of rotatable bonds is 6. The highest BCUT2D eigenvalue weighted by atomic mass is 19.1. The summed E-state index contributed by atoms with van der Waals surface area (Å²) in [4.78, 5) is 23.8. The Morgan fingerprint density at radius 3 is 2.65 bits per heavy atom. The van der Waals surface area contributed by atoms with Crippen LogP contribution in [-0.2, 0) is 30.6 Å². The second-order valence-corrected chi connectivity index (χ2v) is 7.47. The average molecular weight is 421 g/mol. The zero-order chi connectivity index (χ0) is 21.8. The van der Waals surface area contributed by atoms with Gasteiger partial charge in [-0.15, -0.1) is 0 Å². The number of benzene rings is 2. The number of amides is 1. The lowest BCUT2D eigenvalue weighted by atomic mass is 9.98. The number of carbonyl (C=O) groups is 1. The van der Waals surface area contributed by atoms with Gasteiger partial charge in [-0.05, 0) is 35.9 Å². The molecule has 0 spiro atoms. The summed E-state index contributed by atoms with van der Waals surface area (Å²) in [6.07, 6.45) is 3.03. The summed E-state index contributed by atoms with van der Waals surface area (Å²) in [6, 6.07) is 11.8. The summed E-state index contributed by atoms with van der Waals surface area (Å²) in [6.45, 7) is 1.06. The Morgan fingerprint density at radius 2 is 1.90 bits per heavy atom. The molecule has 7 heteroatoms. The molecule has 0 fully saturated rings. The summed E-state index contributed by atoms with van der Waals surface area (Å²) < 4.78 is 23.9. The van der Waals surface area contributed by atoms with Gasteiger partial charge in [-0.2, -0.15) is 0 Å². The van der Waals surface area contributed by atoms with Crippen LogP contribution in [0.4, 0.5) is 4.39 Å². The molecular formula is C24H24FN3O3. The molecule has 4 rings (SSSR count). The van der Waals surface area contributed by atoms with Crippen molar-refractivity contribution in [3.8, 4) is 11.5 Å². The number of ether oxygens (including phenoxy) is 2. The maximum atomic E-state index is 13.2. The molecule has 1 aliphatic rings. The first-order valence-corrected chi connectivity index (χ1v) is 10.1. The van der Waals surface area contributed by atoms with Crippen LogP contribution in [0.5, 0.6) is 11.5 Å². The number of nitrogens with zero attached hydrogens (tertiary/aromatic N) is 3. The Labute approximate surface area is 180 Å². The van der Waals surface area contributed by atoms with E-state index in [1.165, 1.54) is 12.1 Å². The average Bonchev–Trinajstić information content (AvgIpc) is 2.80. The number of hydrogen-bond donors (Lipinski definition) is 0. The number of halogens is 1. The summed E-state index contributed by atoms with van der Waals surface area (Å²) in [5.74, 6) is 1.08. The SMILES string of the molecule is COc1ccc(OC)c(CC(=O)N2CCc3ncnc(Cc4ccc(F)cc4)c3C2)c1. The molecule has 0 atom stereocenters. The lowest BCUT2D eigenvalue weighted by molar-refractivity contribution is -0.131. The van der Waals surface area contributed by atoms with Crippen LogP contribution in [0.25, 0.3) is 0 Å². The van der Waals surface area contributed by atoms with Crippen LogP contribution in [-0.4, -0.2) is 41.5 Å². The minimum Gasteiger partial charge on any atom is -0.497 e. The summed E-state index contributed by atoms with van der Waals surface area (Å²) in [5, 5.41) is 0. The minimum atomic E-state index is -0.266. The third-order valence-corrected chi connectivity index (χ3v) is 5.56. The van der Waals surface area contributed by atoms with Gasteiger partial charge in [-0.3, -0.25) is 4.79 Å². The third-order valence-electron chi connectivity index (χ3n) is 5.56. The van der Waals surface area contributed by atoms with Crippen molar-refractivity contribution in [1.29, 1.82) is 0 Å². The number of fused-ring (bicyclic) bond motifs is 1. The Balaban J connectivity index is 1.53. The predicted octanol–water partition coefficient (Wildman–Crippen LogP) is 3.35. The van der Waals surface area contributed by atoms with Crippen molar-refractivity contribution in [2.45, 2.75) is 25.8 Å². The molecule has 1 aromatic heterocycles. The quantitative estimate of drug-likeness (QED) is 0.611. The molecule has 0 unspecified atom stereocenters. The molecule has 0 bridgehead atoms. The monoisotopic (exact) mass is 421 g/mol. The molecule has 1 amide bonds. The van der Waals surface area contributed by atoms with E-state index < -0.39 is 0 Å². The van der Waals surface area contributed by atoms with Gasteiger partial charge in [0, 0.05) is 37.1 Å². The second kappa shape index (κ2) is 9.12. The fraction of sp³-hybridized carbons (Fsp3) is 0.292. The van der Waals surface area contributed by atoms with Crippen LogP contribution in [0.1, 0.15) is 28.1 Å². The van der Waals surface area contributed by atoms with Crippen molar-refractivity contribution in [3.05, 3.63) is 82.7 Å². The van der Waals surface area contributed by atoms with Gasteiger partial charge in [0.05, 0.1) is 32.0 Å². The van der Waals surface area contributed by atoms with Crippen LogP contribution < -0.4 is 9.47 Å². The molecule has 2 heterocycles. The van der Waals surface area contributed by atoms with E-state index in [4.69, 9.17) is 9.47 Å². The Kier molecular flexibility index (Phi) is 6.11. The van der Waals surface area contributed by atoms with E-state index >= 15 is 0 Å². The highest BCUT2D eigenvalue weighted by Gasteiger charge is 2.25. The van der Waals surface area contributed by atoms with Gasteiger partial charge in [0.25, 0.3) is 0 Å². The normalized spacial score (nSPS) is 12.9. The smallest absolute Gasteiger partial charge is 0.227 e. The van der Waals surface area contributed by atoms with Gasteiger partial charge in [-0.25, -0.2) is 14.4 Å². The fourth-order valence-electron chi connectivity index (χ4n) is 3.85. The molecule has 31 heavy (non-hydrogen) atoms. The van der Waals surface area contributed by atoms with Gasteiger partial charge in [0.1, 0.15) is 23.6 Å². The molecule has 6 nitrogen and oxygen atoms in total. The van der Waals surface area contributed by atoms with Crippen LogP contribution in [0.15, 0.2) is 48.8 Å². The Morgan fingerprint density at radius 1 is 1.10 bits per heavy atom. The molecule has 0 radical (unpaired) electrons. The molecule has 0 saturated heterocycles. The maximum absolute atomic E-state index is 13.2. The third kappa shape index (κ3) is 4.66. The highest BCUT2D eigenvalue weighted by molar-refractivity contribution is 5.80. The van der Waals surface area contributed by atoms with E-state index in [1.54, 1.807) is 32.7 Å². The van der Waals surface area contributed by atoms with E-state index in [0.717, 1.165) is 28.1 Å². The van der Waals surface area contributed by atoms with Crippen LogP contribution in [0.3, 0.4) is 0 Å². The first kappa shape index (κ1) is 20.8. The minimum absolute atomic E-state index is 0.00814. The van der Waals surface area contributed by atoms with Gasteiger partial charge in [0.15, 0.2) is 0 Å². The largest absolute Gasteiger partial charge is 0.497 e. The number of aromatic nitrogens is 2. The Bertz CT molecular complexity index is 1090. The molecule has 0 aliphatic carbocycles. The zero-order valence-electron chi connectivity index (χ0n) is 17.6. The topological polar surface area (TPSA) is 64.6 Å². The van der Waals surface area contributed by atoms with Crippen molar-refractivity contribution < 1.29 is 18.7 Å². The van der Waals surface area contributed by atoms with E-state index in [9.17, 15) is 9.18 Å². The summed E-state index contributed by atoms with van der Waals surface area (Å²) in [7, 11) is 3.18. The molecular weight excluding hydrogens is 397 g/mol. The fourth-order valence-corrected chi connectivity index (χ4v) is 3.85. The van der Waals surface area contributed by atoms with Crippen LogP contribution in [0, 0.1) is 5.82 Å². The molecule has 1 aliphatic heterocycles. The summed E-state index contributed by atoms with van der Waals surface area (Å²) >= 11 is 0. The maximum Gasteiger partial charge on any atom is 0.227 e. The van der Waals surface area contributed by atoms with Crippen molar-refractivity contribution in [2.75, 3.05) is 20.8 Å². The molecule has 0 saturated carbocycles. The van der Waals surface area contributed by atoms with Gasteiger partial charge < -0.3 is 14.4 Å². The predicted molar refractivity (Wildman–Crippen MR) is 114 cm³/mol. The van der Waals surface area contributed by atoms with Gasteiger partial charge in [-0.1, -0.05) is 12.1 Å². The van der Waals surface area contributed by atoms with E-state index in [-0.39, 0.29) is 18.1 Å². The zero-order valence-corrected chi connectivity index (χ0v) is 17.6. The molecule has 3 aromatic rings. The number of methoxy groups -OCH3 is 2. The van der Waals surface area contributed by atoms with Crippen molar-refractivity contribution >= 4 is 5.91 Å². The lowest BCUT2D eigenvalue weighted by Gasteiger charge is -2.29. The second-order valence-electron chi connectivity index (χ2n) is 7.47. The van der Waals surface area contributed by atoms with Crippen molar-refractivity contribution in [1.82, 2.24) is 14.9 Å². The standard InChI is InChI=1S/C24H24FN3O3/c1-30-19-7-8-23(31-2)17(12-19)13-24(29)28-10-9-21-20(14-28)22(27-15-26-21)11-16-3-5-18(25)6-4-16/h3-8,12,15H,9-11,13-14H2,1-2H3. The first-order valence-electron chi connectivity index (χ1n) is 10.1. The van der Waals surface area contributed by atoms with Crippen molar-refractivity contribution in [2.24, 2.45) is 0 Å². The van der Waals surface area contributed by atoms with Gasteiger partial charge in [0.2, 0.25) is 5.91 Å². The first-order chi connectivity index (χ1) is 15.1. The Hall–Kier alpha value is -3.48. The van der Waals surface area contributed by atoms with E-state index in [0.29, 0.717) is 37.4 Å². The number of hydrogen-bond acceptors (Lipinski definition) is 5. The van der Waals surface area contributed by atoms with Gasteiger partial charge >= 0.3 is 0 Å². The lowest BCUT2D eigenvalue weighted by Crippen LogP contribution is -2.38. The summed E-state index contributed by atoms with van der Waals surface area (Å²) in [5.41, 5.74) is 4.56. The molecule has 2 aromatic carbocycles. The number of carbonyl (C=O) groups excluding carboxylic acids is 1.